The van der Waals surface area contributed by atoms with Crippen molar-refractivity contribution in [3.63, 3.8) is 0 Å². The van der Waals surface area contributed by atoms with Crippen molar-refractivity contribution >= 4 is 12.3 Å². The lowest BCUT2D eigenvalue weighted by molar-refractivity contribution is -0.237. The first-order chi connectivity index (χ1) is 18.1. The van der Waals surface area contributed by atoms with Gasteiger partial charge in [0.2, 0.25) is 0 Å². The molecule has 0 amide bonds. The number of fused-ring (bicyclic) bond motifs is 2. The highest BCUT2D eigenvalue weighted by Gasteiger charge is 2.84. The van der Waals surface area contributed by atoms with Gasteiger partial charge in [0.25, 0.3) is 0 Å². The molecule has 2 heterocycles. The Bertz CT molecular complexity index is 1140. The van der Waals surface area contributed by atoms with Gasteiger partial charge in [-0.1, -0.05) is 38.8 Å². The normalized spacial score (nSPS) is 43.9. The van der Waals surface area contributed by atoms with Gasteiger partial charge in [0.15, 0.2) is 6.29 Å². The second-order valence-corrected chi connectivity index (χ2v) is 13.5. The molecule has 7 heteroatoms. The molecule has 208 valence electrons. The molecule has 1 aliphatic heterocycles. The van der Waals surface area contributed by atoms with Crippen molar-refractivity contribution < 1.29 is 24.2 Å². The maximum atomic E-state index is 13.6. The van der Waals surface area contributed by atoms with E-state index >= 15 is 0 Å². The number of carbonyl (C=O) groups excluding carboxylic acids is 1. The van der Waals surface area contributed by atoms with Crippen LogP contribution in [-0.4, -0.2) is 58.9 Å². The Morgan fingerprint density at radius 1 is 1.26 bits per heavy atom. The highest BCUT2D eigenvalue weighted by Crippen LogP contribution is 2.82. The third kappa shape index (κ3) is 3.30. The molecule has 6 rings (SSSR count). The van der Waals surface area contributed by atoms with Crippen molar-refractivity contribution in [1.29, 1.82) is 0 Å². The predicted molar refractivity (Wildman–Crippen MR) is 143 cm³/mol. The standard InChI is InChI=1S/C31H44N2O5/c1-19(2)26-11-22-12-29(17-34)25-9-8-20(3)24(25)13-30(22,31(26,29)28(35)36)18-37-27-16-33(14-21(4)38-27)15-23-7-6-10-32(23)5/h6-7,10-11,17,19-22,24-25,27H,8-9,12-16,18H2,1-5H3,(H,35,36)/t20-,21-,22-,24-,25-,27-,29+,30?,31+/m1/s1. The molecule has 1 unspecified atom stereocenters. The molecule has 4 fully saturated rings. The molecule has 1 aromatic heterocycles. The van der Waals surface area contributed by atoms with Crippen LogP contribution in [0.25, 0.3) is 0 Å². The summed E-state index contributed by atoms with van der Waals surface area (Å²) >= 11 is 0. The molecular formula is C31H44N2O5. The molecule has 1 aromatic rings. The van der Waals surface area contributed by atoms with E-state index in [1.165, 1.54) is 5.69 Å². The maximum absolute atomic E-state index is 13.6. The number of carbonyl (C=O) groups is 2. The topological polar surface area (TPSA) is 81.0 Å². The number of hydrogen-bond donors (Lipinski definition) is 1. The fourth-order valence-corrected chi connectivity index (χ4v) is 9.98. The van der Waals surface area contributed by atoms with Gasteiger partial charge in [-0.25, -0.2) is 0 Å². The summed E-state index contributed by atoms with van der Waals surface area (Å²) in [6.45, 7) is 11.1. The van der Waals surface area contributed by atoms with Crippen LogP contribution in [0.5, 0.6) is 0 Å². The highest BCUT2D eigenvalue weighted by molar-refractivity contribution is 5.90. The zero-order valence-corrected chi connectivity index (χ0v) is 23.6. The van der Waals surface area contributed by atoms with E-state index in [2.05, 4.69) is 68.6 Å². The van der Waals surface area contributed by atoms with Gasteiger partial charge in [0, 0.05) is 37.4 Å². The van der Waals surface area contributed by atoms with E-state index in [0.29, 0.717) is 31.4 Å². The fraction of sp³-hybridized carbons (Fsp3) is 0.742. The predicted octanol–water partition coefficient (Wildman–Crippen LogP) is 4.51. The van der Waals surface area contributed by atoms with Crippen molar-refractivity contribution in [3.8, 4) is 0 Å². The van der Waals surface area contributed by atoms with E-state index in [-0.39, 0.29) is 23.9 Å². The summed E-state index contributed by atoms with van der Waals surface area (Å²) in [5.41, 5.74) is -0.474. The molecule has 7 nitrogen and oxygen atoms in total. The van der Waals surface area contributed by atoms with Crippen molar-refractivity contribution in [3.05, 3.63) is 35.7 Å². The first-order valence-corrected chi connectivity index (χ1v) is 14.6. The van der Waals surface area contributed by atoms with Crippen molar-refractivity contribution in [2.75, 3.05) is 19.7 Å². The van der Waals surface area contributed by atoms with Gasteiger partial charge in [-0.2, -0.15) is 0 Å². The number of allylic oxidation sites excluding steroid dienone is 1. The van der Waals surface area contributed by atoms with Gasteiger partial charge in [-0.05, 0) is 67.9 Å². The Labute approximate surface area is 226 Å². The summed E-state index contributed by atoms with van der Waals surface area (Å²) in [5, 5.41) is 11.2. The van der Waals surface area contributed by atoms with Gasteiger partial charge in [0.05, 0.1) is 24.7 Å². The number of ether oxygens (including phenoxy) is 2. The van der Waals surface area contributed by atoms with E-state index in [1.807, 2.05) is 0 Å². The number of aliphatic carboxylic acids is 1. The Kier molecular flexibility index (Phi) is 6.25. The molecule has 0 spiro atoms. The van der Waals surface area contributed by atoms with E-state index < -0.39 is 28.5 Å². The van der Waals surface area contributed by atoms with Gasteiger partial charge < -0.3 is 23.9 Å². The third-order valence-corrected chi connectivity index (χ3v) is 11.4. The van der Waals surface area contributed by atoms with Crippen LogP contribution in [0.15, 0.2) is 30.0 Å². The summed E-state index contributed by atoms with van der Waals surface area (Å²) in [4.78, 5) is 29.2. The van der Waals surface area contributed by atoms with Crippen LogP contribution in [0.3, 0.4) is 0 Å². The molecule has 0 radical (unpaired) electrons. The quantitative estimate of drug-likeness (QED) is 0.398. The Morgan fingerprint density at radius 2 is 2.05 bits per heavy atom. The fourth-order valence-electron chi connectivity index (χ4n) is 9.98. The monoisotopic (exact) mass is 524 g/mol. The average Bonchev–Trinajstić information content (AvgIpc) is 3.57. The molecule has 0 aromatic carbocycles. The SMILES string of the molecule is CC(C)C1=C[C@@H]2C[C@]3(C=O)[C@@H]4CC[C@@H](C)[C@H]4CC2(CO[C@H]2CN(Cc4cccn4C)C[C@@H](C)O2)[C@]13C(=O)O. The molecule has 38 heavy (non-hydrogen) atoms. The van der Waals surface area contributed by atoms with Gasteiger partial charge >= 0.3 is 5.97 Å². The molecule has 3 saturated carbocycles. The van der Waals surface area contributed by atoms with Crippen molar-refractivity contribution in [2.24, 2.45) is 52.9 Å². The number of aromatic nitrogens is 1. The molecular weight excluding hydrogens is 480 g/mol. The summed E-state index contributed by atoms with van der Waals surface area (Å²) in [6.07, 6.45) is 8.45. The highest BCUT2D eigenvalue weighted by atomic mass is 16.7. The lowest BCUT2D eigenvalue weighted by Gasteiger charge is -2.58. The molecule has 1 saturated heterocycles. The summed E-state index contributed by atoms with van der Waals surface area (Å²) in [6, 6.07) is 4.20. The Balaban J connectivity index is 1.33. The average molecular weight is 525 g/mol. The second-order valence-electron chi connectivity index (χ2n) is 13.5. The first kappa shape index (κ1) is 26.3. The van der Waals surface area contributed by atoms with E-state index in [1.54, 1.807) is 0 Å². The van der Waals surface area contributed by atoms with Gasteiger partial charge in [-0.15, -0.1) is 0 Å². The maximum Gasteiger partial charge on any atom is 0.315 e. The molecule has 1 N–H and O–H groups in total. The van der Waals surface area contributed by atoms with Crippen LogP contribution in [-0.2, 0) is 32.7 Å². The molecule has 4 bridgehead atoms. The number of rotatable bonds is 8. The molecule has 4 aliphatic carbocycles. The van der Waals surface area contributed by atoms with Crippen molar-refractivity contribution in [1.82, 2.24) is 9.47 Å². The summed E-state index contributed by atoms with van der Waals surface area (Å²) in [7, 11) is 2.06. The van der Waals surface area contributed by atoms with Crippen LogP contribution in [0.4, 0.5) is 0 Å². The molecule has 9 atom stereocenters. The van der Waals surface area contributed by atoms with E-state index in [4.69, 9.17) is 9.47 Å². The van der Waals surface area contributed by atoms with Crippen LogP contribution >= 0.6 is 0 Å². The van der Waals surface area contributed by atoms with Gasteiger partial charge in [0.1, 0.15) is 11.7 Å². The van der Waals surface area contributed by atoms with Crippen LogP contribution in [0, 0.1) is 45.8 Å². The van der Waals surface area contributed by atoms with E-state index in [9.17, 15) is 14.7 Å². The number of carboxylic acids is 1. The number of aryl methyl sites for hydroxylation is 1. The van der Waals surface area contributed by atoms with Crippen molar-refractivity contribution in [2.45, 2.75) is 72.3 Å². The number of aldehydes is 1. The van der Waals surface area contributed by atoms with Crippen LogP contribution in [0.1, 0.15) is 59.1 Å². The van der Waals surface area contributed by atoms with Crippen LogP contribution in [0.2, 0.25) is 0 Å². The van der Waals surface area contributed by atoms with Crippen LogP contribution < -0.4 is 0 Å². The van der Waals surface area contributed by atoms with E-state index in [0.717, 1.165) is 44.2 Å². The number of nitrogens with zero attached hydrogens (tertiary/aromatic N) is 2. The minimum absolute atomic E-state index is 0.0178. The largest absolute Gasteiger partial charge is 0.481 e. The number of hydrogen-bond acceptors (Lipinski definition) is 5. The number of carboxylic acid groups (broad SMARTS) is 1. The summed E-state index contributed by atoms with van der Waals surface area (Å²) < 4.78 is 15.1. The minimum Gasteiger partial charge on any atom is -0.481 e. The van der Waals surface area contributed by atoms with Gasteiger partial charge in [-0.3, -0.25) is 9.69 Å². The zero-order chi connectivity index (χ0) is 27.0. The minimum atomic E-state index is -1.20. The lowest BCUT2D eigenvalue weighted by Crippen LogP contribution is -2.64. The molecule has 5 aliphatic rings. The zero-order valence-electron chi connectivity index (χ0n) is 23.6. The second kappa shape index (κ2) is 9.03. The Hall–Kier alpha value is -1.96. The Morgan fingerprint density at radius 3 is 2.71 bits per heavy atom. The first-order valence-electron chi connectivity index (χ1n) is 14.6. The number of morpholine rings is 1. The lowest BCUT2D eigenvalue weighted by atomic mass is 9.43. The summed E-state index contributed by atoms with van der Waals surface area (Å²) in [5.74, 6) is 0.280. The third-order valence-electron chi connectivity index (χ3n) is 11.4. The smallest absolute Gasteiger partial charge is 0.315 e.